The standard InChI is InChI=1S/C26H32N2O5/c1-7-28-21(15-33-22-13-16(3)12-17(4)18(22)5)23(25(29)32-8-2)24(27-26(28)30)19-10-9-11-20(14-19)31-6/h9-14,24H,7-8,15H2,1-6H3,(H,27,30)/t24-/m0/s1. The van der Waals surface area contributed by atoms with E-state index in [1.54, 1.807) is 20.1 Å². The summed E-state index contributed by atoms with van der Waals surface area (Å²) < 4.78 is 16.9. The van der Waals surface area contributed by atoms with Crippen molar-refractivity contribution >= 4 is 12.0 Å². The lowest BCUT2D eigenvalue weighted by Gasteiger charge is -2.36. The average molecular weight is 453 g/mol. The Balaban J connectivity index is 2.11. The van der Waals surface area contributed by atoms with Crippen molar-refractivity contribution in [1.29, 1.82) is 0 Å². The van der Waals surface area contributed by atoms with E-state index < -0.39 is 12.0 Å². The zero-order valence-electron chi connectivity index (χ0n) is 20.2. The minimum Gasteiger partial charge on any atom is -0.497 e. The molecule has 0 fully saturated rings. The first kappa shape index (κ1) is 24.2. The second kappa shape index (κ2) is 10.4. The van der Waals surface area contributed by atoms with Crippen LogP contribution in [0.4, 0.5) is 4.79 Å². The third-order valence-electron chi connectivity index (χ3n) is 5.81. The highest BCUT2D eigenvalue weighted by Gasteiger charge is 2.38. The number of benzene rings is 2. The molecule has 7 nitrogen and oxygen atoms in total. The Morgan fingerprint density at radius 3 is 2.55 bits per heavy atom. The van der Waals surface area contributed by atoms with Crippen molar-refractivity contribution in [2.75, 3.05) is 26.9 Å². The van der Waals surface area contributed by atoms with Gasteiger partial charge in [-0.3, -0.25) is 4.90 Å². The lowest BCUT2D eigenvalue weighted by atomic mass is 9.94. The molecule has 3 rings (SSSR count). The molecule has 0 radical (unpaired) electrons. The van der Waals surface area contributed by atoms with Crippen LogP contribution in [0.1, 0.15) is 42.1 Å². The molecular weight excluding hydrogens is 420 g/mol. The van der Waals surface area contributed by atoms with Crippen LogP contribution in [0.2, 0.25) is 0 Å². The van der Waals surface area contributed by atoms with Gasteiger partial charge < -0.3 is 19.5 Å². The van der Waals surface area contributed by atoms with Gasteiger partial charge in [0.25, 0.3) is 0 Å². The molecule has 0 aliphatic carbocycles. The van der Waals surface area contributed by atoms with Gasteiger partial charge in [0.15, 0.2) is 0 Å². The first-order valence-corrected chi connectivity index (χ1v) is 11.1. The van der Waals surface area contributed by atoms with Crippen molar-refractivity contribution in [3.8, 4) is 11.5 Å². The van der Waals surface area contributed by atoms with Crippen molar-refractivity contribution in [2.24, 2.45) is 0 Å². The number of likely N-dealkylation sites (N-methyl/N-ethyl adjacent to an activating group) is 1. The molecule has 1 atom stereocenters. The van der Waals surface area contributed by atoms with E-state index in [2.05, 4.69) is 11.4 Å². The van der Waals surface area contributed by atoms with Crippen molar-refractivity contribution in [3.05, 3.63) is 69.9 Å². The highest BCUT2D eigenvalue weighted by atomic mass is 16.5. The fourth-order valence-corrected chi connectivity index (χ4v) is 4.01. The van der Waals surface area contributed by atoms with Gasteiger partial charge in [-0.05, 0) is 75.1 Å². The molecule has 1 aliphatic rings. The predicted octanol–water partition coefficient (Wildman–Crippen LogP) is 4.60. The van der Waals surface area contributed by atoms with E-state index in [-0.39, 0.29) is 19.2 Å². The fourth-order valence-electron chi connectivity index (χ4n) is 4.01. The summed E-state index contributed by atoms with van der Waals surface area (Å²) in [6.45, 7) is 10.3. The third kappa shape index (κ3) is 5.13. The summed E-state index contributed by atoms with van der Waals surface area (Å²) in [5.74, 6) is 0.870. The number of hydrogen-bond acceptors (Lipinski definition) is 5. The molecule has 33 heavy (non-hydrogen) atoms. The van der Waals surface area contributed by atoms with Crippen LogP contribution >= 0.6 is 0 Å². The topological polar surface area (TPSA) is 77.1 Å². The molecule has 1 N–H and O–H groups in total. The zero-order valence-corrected chi connectivity index (χ0v) is 20.2. The second-order valence-corrected chi connectivity index (χ2v) is 7.98. The summed E-state index contributed by atoms with van der Waals surface area (Å²) in [5.41, 5.74) is 4.79. The molecule has 0 aromatic heterocycles. The number of nitrogens with zero attached hydrogens (tertiary/aromatic N) is 1. The summed E-state index contributed by atoms with van der Waals surface area (Å²) in [4.78, 5) is 27.7. The smallest absolute Gasteiger partial charge is 0.338 e. The molecule has 2 aromatic rings. The molecule has 0 unspecified atom stereocenters. The summed E-state index contributed by atoms with van der Waals surface area (Å²) >= 11 is 0. The van der Waals surface area contributed by atoms with Gasteiger partial charge in [-0.2, -0.15) is 0 Å². The molecule has 0 bridgehead atoms. The van der Waals surface area contributed by atoms with Gasteiger partial charge in [-0.15, -0.1) is 0 Å². The average Bonchev–Trinajstić information content (AvgIpc) is 2.80. The van der Waals surface area contributed by atoms with E-state index in [0.717, 1.165) is 28.0 Å². The van der Waals surface area contributed by atoms with Crippen LogP contribution in [0.5, 0.6) is 11.5 Å². The van der Waals surface area contributed by atoms with E-state index in [9.17, 15) is 9.59 Å². The first-order valence-electron chi connectivity index (χ1n) is 11.1. The third-order valence-corrected chi connectivity index (χ3v) is 5.81. The Morgan fingerprint density at radius 1 is 1.12 bits per heavy atom. The Kier molecular flexibility index (Phi) is 7.63. The minimum atomic E-state index is -0.687. The van der Waals surface area contributed by atoms with E-state index in [1.165, 1.54) is 4.90 Å². The van der Waals surface area contributed by atoms with Crippen LogP contribution < -0.4 is 14.8 Å². The molecule has 0 saturated heterocycles. The fraction of sp³-hybridized carbons (Fsp3) is 0.385. The van der Waals surface area contributed by atoms with Gasteiger partial charge in [0.1, 0.15) is 18.1 Å². The molecule has 2 aromatic carbocycles. The van der Waals surface area contributed by atoms with Gasteiger partial charge in [-0.25, -0.2) is 9.59 Å². The van der Waals surface area contributed by atoms with Crippen LogP contribution in [0.15, 0.2) is 47.7 Å². The molecule has 7 heteroatoms. The number of methoxy groups -OCH3 is 1. The summed E-state index contributed by atoms with van der Waals surface area (Å²) in [7, 11) is 1.57. The van der Waals surface area contributed by atoms with Crippen molar-refractivity contribution in [3.63, 3.8) is 0 Å². The lowest BCUT2D eigenvalue weighted by molar-refractivity contribution is -0.139. The summed E-state index contributed by atoms with van der Waals surface area (Å²) in [6.07, 6.45) is 0. The maximum atomic E-state index is 13.2. The lowest BCUT2D eigenvalue weighted by Crippen LogP contribution is -2.49. The number of carbonyl (C=O) groups excluding carboxylic acids is 2. The number of urea groups is 1. The molecule has 176 valence electrons. The van der Waals surface area contributed by atoms with Gasteiger partial charge in [-0.1, -0.05) is 18.2 Å². The summed E-state index contributed by atoms with van der Waals surface area (Å²) in [6, 6.07) is 10.4. The number of esters is 1. The Morgan fingerprint density at radius 2 is 1.88 bits per heavy atom. The first-order chi connectivity index (χ1) is 15.8. The van der Waals surface area contributed by atoms with Crippen molar-refractivity contribution in [2.45, 2.75) is 40.7 Å². The van der Waals surface area contributed by atoms with E-state index in [0.29, 0.717) is 23.6 Å². The molecule has 1 aliphatic heterocycles. The minimum absolute atomic E-state index is 0.0552. The summed E-state index contributed by atoms with van der Waals surface area (Å²) in [5, 5.41) is 2.95. The van der Waals surface area contributed by atoms with E-state index in [1.807, 2.05) is 52.0 Å². The van der Waals surface area contributed by atoms with Crippen LogP contribution in [0, 0.1) is 20.8 Å². The van der Waals surface area contributed by atoms with Crippen molar-refractivity contribution in [1.82, 2.24) is 10.2 Å². The predicted molar refractivity (Wildman–Crippen MR) is 126 cm³/mol. The highest BCUT2D eigenvalue weighted by molar-refractivity contribution is 5.95. The normalized spacial score (nSPS) is 15.9. The van der Waals surface area contributed by atoms with Crippen LogP contribution in [-0.4, -0.2) is 43.8 Å². The molecule has 0 spiro atoms. The van der Waals surface area contributed by atoms with Gasteiger partial charge >= 0.3 is 12.0 Å². The number of rotatable bonds is 8. The number of nitrogens with one attached hydrogen (secondary N) is 1. The number of ether oxygens (including phenoxy) is 3. The van der Waals surface area contributed by atoms with Crippen molar-refractivity contribution < 1.29 is 23.8 Å². The maximum Gasteiger partial charge on any atom is 0.338 e. The van der Waals surface area contributed by atoms with E-state index >= 15 is 0 Å². The number of amides is 2. The Bertz CT molecular complexity index is 1080. The maximum absolute atomic E-state index is 13.2. The SMILES string of the molecule is CCOC(=O)C1=C(COc2cc(C)cc(C)c2C)N(CC)C(=O)N[C@H]1c1cccc(OC)c1. The Hall–Kier alpha value is -3.48. The zero-order chi connectivity index (χ0) is 24.1. The van der Waals surface area contributed by atoms with E-state index in [4.69, 9.17) is 14.2 Å². The Labute approximate surface area is 195 Å². The van der Waals surface area contributed by atoms with Gasteiger partial charge in [0.2, 0.25) is 0 Å². The molecule has 2 amide bonds. The monoisotopic (exact) mass is 452 g/mol. The van der Waals surface area contributed by atoms with Crippen LogP contribution in [0.3, 0.4) is 0 Å². The van der Waals surface area contributed by atoms with Crippen LogP contribution in [0.25, 0.3) is 0 Å². The highest BCUT2D eigenvalue weighted by Crippen LogP contribution is 2.34. The number of hydrogen-bond donors (Lipinski definition) is 1. The number of carbonyl (C=O) groups is 2. The molecule has 1 heterocycles. The van der Waals surface area contributed by atoms with Gasteiger partial charge in [0, 0.05) is 6.54 Å². The molecule has 0 saturated carbocycles. The quantitative estimate of drug-likeness (QED) is 0.592. The number of aryl methyl sites for hydroxylation is 2. The second-order valence-electron chi connectivity index (χ2n) is 7.98. The molecular formula is C26H32N2O5. The van der Waals surface area contributed by atoms with Crippen LogP contribution in [-0.2, 0) is 9.53 Å². The largest absolute Gasteiger partial charge is 0.497 e. The van der Waals surface area contributed by atoms with Gasteiger partial charge in [0.05, 0.1) is 31.0 Å².